The molecule has 0 aliphatic rings. The Hall–Kier alpha value is -2.86. The standard InChI is InChI=1S/C20H16FN3OS/c1-2-10-24-19(25)18-17(15-8-3-4-9-16(15)22-18)23-20(24)26-12-13-6-5-7-14(21)11-13/h2-9,11,22H,1,10,12H2. The molecule has 4 aromatic rings. The number of aromatic nitrogens is 3. The number of hydrogen-bond donors (Lipinski definition) is 1. The van der Waals surface area contributed by atoms with E-state index in [2.05, 4.69) is 11.6 Å². The maximum absolute atomic E-state index is 13.4. The smallest absolute Gasteiger partial charge is 0.278 e. The molecule has 0 amide bonds. The summed E-state index contributed by atoms with van der Waals surface area (Å²) in [6, 6.07) is 14.2. The third-order valence-corrected chi connectivity index (χ3v) is 5.19. The van der Waals surface area contributed by atoms with E-state index in [9.17, 15) is 9.18 Å². The van der Waals surface area contributed by atoms with Gasteiger partial charge in [0.15, 0.2) is 5.16 Å². The van der Waals surface area contributed by atoms with E-state index in [0.717, 1.165) is 16.5 Å². The Balaban J connectivity index is 1.83. The van der Waals surface area contributed by atoms with Crippen molar-refractivity contribution in [3.63, 3.8) is 0 Å². The Morgan fingerprint density at radius 1 is 1.23 bits per heavy atom. The van der Waals surface area contributed by atoms with E-state index in [1.165, 1.54) is 23.9 Å². The van der Waals surface area contributed by atoms with Gasteiger partial charge in [0.1, 0.15) is 16.9 Å². The molecule has 2 heterocycles. The van der Waals surface area contributed by atoms with Gasteiger partial charge in [0.25, 0.3) is 5.56 Å². The van der Waals surface area contributed by atoms with E-state index in [0.29, 0.717) is 28.5 Å². The van der Waals surface area contributed by atoms with Crippen LogP contribution >= 0.6 is 11.8 Å². The van der Waals surface area contributed by atoms with Crippen molar-refractivity contribution in [1.82, 2.24) is 14.5 Å². The van der Waals surface area contributed by atoms with Crippen molar-refractivity contribution in [3.05, 3.63) is 82.9 Å². The minimum Gasteiger partial charge on any atom is -0.349 e. The molecule has 0 atom stereocenters. The van der Waals surface area contributed by atoms with E-state index < -0.39 is 0 Å². The lowest BCUT2D eigenvalue weighted by Gasteiger charge is -2.10. The van der Waals surface area contributed by atoms with Crippen molar-refractivity contribution in [1.29, 1.82) is 0 Å². The number of nitrogens with one attached hydrogen (secondary N) is 1. The zero-order valence-corrected chi connectivity index (χ0v) is 14.7. The van der Waals surface area contributed by atoms with Gasteiger partial charge < -0.3 is 4.98 Å². The van der Waals surface area contributed by atoms with Crippen LogP contribution in [0.3, 0.4) is 0 Å². The normalized spacial score (nSPS) is 11.3. The minimum atomic E-state index is -0.272. The summed E-state index contributed by atoms with van der Waals surface area (Å²) in [5.41, 5.74) is 2.74. The molecular weight excluding hydrogens is 349 g/mol. The van der Waals surface area contributed by atoms with Crippen LogP contribution in [0.25, 0.3) is 21.9 Å². The molecule has 26 heavy (non-hydrogen) atoms. The maximum Gasteiger partial charge on any atom is 0.278 e. The fourth-order valence-electron chi connectivity index (χ4n) is 2.95. The van der Waals surface area contributed by atoms with Crippen LogP contribution in [-0.4, -0.2) is 14.5 Å². The molecule has 2 aromatic carbocycles. The van der Waals surface area contributed by atoms with Crippen molar-refractivity contribution < 1.29 is 4.39 Å². The molecule has 0 saturated heterocycles. The molecule has 4 rings (SSSR count). The fraction of sp³-hybridized carbons (Fsp3) is 0.100. The Bertz CT molecular complexity index is 1180. The van der Waals surface area contributed by atoms with E-state index >= 15 is 0 Å². The molecule has 0 fully saturated rings. The van der Waals surface area contributed by atoms with Crippen molar-refractivity contribution in [2.75, 3.05) is 0 Å². The molecule has 2 aromatic heterocycles. The van der Waals surface area contributed by atoms with E-state index in [4.69, 9.17) is 4.98 Å². The fourth-order valence-corrected chi connectivity index (χ4v) is 3.90. The van der Waals surface area contributed by atoms with Crippen LogP contribution < -0.4 is 5.56 Å². The summed E-state index contributed by atoms with van der Waals surface area (Å²) in [6.45, 7) is 4.10. The molecule has 0 aliphatic heterocycles. The molecule has 0 unspecified atom stereocenters. The second-order valence-corrected chi connectivity index (χ2v) is 6.85. The van der Waals surface area contributed by atoms with E-state index in [1.54, 1.807) is 16.7 Å². The van der Waals surface area contributed by atoms with Crippen LogP contribution in [0.2, 0.25) is 0 Å². The molecule has 1 N–H and O–H groups in total. The van der Waals surface area contributed by atoms with Crippen LogP contribution in [-0.2, 0) is 12.3 Å². The third-order valence-electron chi connectivity index (χ3n) is 4.14. The second kappa shape index (κ2) is 6.80. The molecule has 130 valence electrons. The van der Waals surface area contributed by atoms with Crippen molar-refractivity contribution >= 4 is 33.7 Å². The van der Waals surface area contributed by atoms with Crippen molar-refractivity contribution in [2.24, 2.45) is 0 Å². The van der Waals surface area contributed by atoms with Gasteiger partial charge >= 0.3 is 0 Å². The van der Waals surface area contributed by atoms with Gasteiger partial charge in [0, 0.05) is 23.2 Å². The van der Waals surface area contributed by atoms with Crippen molar-refractivity contribution in [2.45, 2.75) is 17.5 Å². The number of rotatable bonds is 5. The highest BCUT2D eigenvalue weighted by molar-refractivity contribution is 7.98. The highest BCUT2D eigenvalue weighted by Gasteiger charge is 2.15. The monoisotopic (exact) mass is 365 g/mol. The molecule has 0 spiro atoms. The summed E-state index contributed by atoms with van der Waals surface area (Å²) in [7, 11) is 0. The summed E-state index contributed by atoms with van der Waals surface area (Å²) in [5.74, 6) is 0.251. The minimum absolute atomic E-state index is 0.132. The third kappa shape index (κ3) is 2.93. The van der Waals surface area contributed by atoms with Crippen LogP contribution in [0.4, 0.5) is 4.39 Å². The molecule has 0 saturated carbocycles. The number of H-pyrrole nitrogens is 1. The molecular formula is C20H16FN3OS. The van der Waals surface area contributed by atoms with Crippen molar-refractivity contribution in [3.8, 4) is 0 Å². The van der Waals surface area contributed by atoms with Gasteiger partial charge in [-0.05, 0) is 23.8 Å². The van der Waals surface area contributed by atoms with Gasteiger partial charge in [-0.25, -0.2) is 9.37 Å². The van der Waals surface area contributed by atoms with Gasteiger partial charge in [0.2, 0.25) is 0 Å². The largest absolute Gasteiger partial charge is 0.349 e. The van der Waals surface area contributed by atoms with Crippen LogP contribution in [0, 0.1) is 5.82 Å². The Labute approximate surface area is 153 Å². The predicted octanol–water partition coefficient (Wildman–Crippen LogP) is 4.50. The highest BCUT2D eigenvalue weighted by atomic mass is 32.2. The Morgan fingerprint density at radius 3 is 2.88 bits per heavy atom. The lowest BCUT2D eigenvalue weighted by Crippen LogP contribution is -2.22. The number of fused-ring (bicyclic) bond motifs is 3. The van der Waals surface area contributed by atoms with Gasteiger partial charge in [-0.3, -0.25) is 9.36 Å². The first-order valence-corrected chi connectivity index (χ1v) is 9.15. The number of allylic oxidation sites excluding steroid dienone is 1. The molecule has 0 aliphatic carbocycles. The maximum atomic E-state index is 13.4. The lowest BCUT2D eigenvalue weighted by molar-refractivity contribution is 0.626. The number of hydrogen-bond acceptors (Lipinski definition) is 3. The van der Waals surface area contributed by atoms with E-state index in [1.807, 2.05) is 30.3 Å². The molecule has 6 heteroatoms. The number of halogens is 1. The summed E-state index contributed by atoms with van der Waals surface area (Å²) < 4.78 is 15.0. The number of para-hydroxylation sites is 1. The quantitative estimate of drug-likeness (QED) is 0.322. The van der Waals surface area contributed by atoms with E-state index in [-0.39, 0.29) is 11.4 Å². The van der Waals surface area contributed by atoms with Gasteiger partial charge in [-0.2, -0.15) is 0 Å². The Kier molecular flexibility index (Phi) is 4.34. The lowest BCUT2D eigenvalue weighted by atomic mass is 10.2. The first kappa shape index (κ1) is 16.6. The summed E-state index contributed by atoms with van der Waals surface area (Å²) >= 11 is 1.41. The zero-order valence-electron chi connectivity index (χ0n) is 13.9. The first-order chi connectivity index (χ1) is 12.7. The Morgan fingerprint density at radius 2 is 2.08 bits per heavy atom. The number of thioether (sulfide) groups is 1. The summed E-state index contributed by atoms with van der Waals surface area (Å²) in [5, 5.41) is 1.51. The number of benzene rings is 2. The molecule has 0 radical (unpaired) electrons. The van der Waals surface area contributed by atoms with Gasteiger partial charge in [0.05, 0.1) is 0 Å². The predicted molar refractivity (Wildman–Crippen MR) is 104 cm³/mol. The first-order valence-electron chi connectivity index (χ1n) is 8.17. The SMILES string of the molecule is C=CCn1c(SCc2cccc(F)c2)nc2c([nH]c3ccccc32)c1=O. The summed E-state index contributed by atoms with van der Waals surface area (Å²) in [4.78, 5) is 20.8. The van der Waals surface area contributed by atoms with Gasteiger partial charge in [-0.1, -0.05) is 48.2 Å². The van der Waals surface area contributed by atoms with Crippen LogP contribution in [0.15, 0.2) is 71.1 Å². The topological polar surface area (TPSA) is 50.7 Å². The van der Waals surface area contributed by atoms with Crippen LogP contribution in [0.5, 0.6) is 0 Å². The average molecular weight is 365 g/mol. The molecule has 0 bridgehead atoms. The summed E-state index contributed by atoms with van der Waals surface area (Å²) in [6.07, 6.45) is 1.67. The number of nitrogens with zero attached hydrogens (tertiary/aromatic N) is 2. The van der Waals surface area contributed by atoms with Gasteiger partial charge in [-0.15, -0.1) is 6.58 Å². The second-order valence-electron chi connectivity index (χ2n) is 5.91. The number of aromatic amines is 1. The zero-order chi connectivity index (χ0) is 18.1. The van der Waals surface area contributed by atoms with Crippen LogP contribution in [0.1, 0.15) is 5.56 Å². The molecule has 4 nitrogen and oxygen atoms in total. The highest BCUT2D eigenvalue weighted by Crippen LogP contribution is 2.26. The average Bonchev–Trinajstić information content (AvgIpc) is 3.02.